The third-order valence-corrected chi connectivity index (χ3v) is 9.64. The number of likely N-dealkylation sites (tertiary alicyclic amines) is 1. The minimum Gasteiger partial charge on any atom is -0.456 e. The van der Waals surface area contributed by atoms with Crippen LogP contribution in [-0.2, 0) is 19.1 Å². The van der Waals surface area contributed by atoms with Gasteiger partial charge in [-0.25, -0.2) is 9.59 Å². The van der Waals surface area contributed by atoms with Crippen molar-refractivity contribution >= 4 is 29.5 Å². The second-order valence-electron chi connectivity index (χ2n) is 12.3. The van der Waals surface area contributed by atoms with Crippen LogP contribution in [0.25, 0.3) is 0 Å². The highest BCUT2D eigenvalue weighted by Gasteiger charge is 2.63. The van der Waals surface area contributed by atoms with Crippen LogP contribution < -0.4 is 4.74 Å². The largest absolute Gasteiger partial charge is 0.456 e. The number of rotatable bonds is 10. The van der Waals surface area contributed by atoms with Gasteiger partial charge in [-0.1, -0.05) is 86.5 Å². The molecule has 3 unspecified atom stereocenters. The number of hydrogen-bond acceptors (Lipinski definition) is 7. The highest BCUT2D eigenvalue weighted by molar-refractivity contribution is 6.10. The Morgan fingerprint density at radius 1 is 0.681 bits per heavy atom. The van der Waals surface area contributed by atoms with E-state index in [2.05, 4.69) is 0 Å². The smallest absolute Gasteiger partial charge is 0.343 e. The van der Waals surface area contributed by atoms with Crippen LogP contribution in [0.2, 0.25) is 0 Å². The molecule has 3 atom stereocenters. The van der Waals surface area contributed by atoms with Crippen molar-refractivity contribution in [3.05, 3.63) is 137 Å². The number of esters is 2. The quantitative estimate of drug-likeness (QED) is 0.0908. The second kappa shape index (κ2) is 12.4. The maximum Gasteiger partial charge on any atom is 0.343 e. The van der Waals surface area contributed by atoms with E-state index in [1.165, 1.54) is 24.3 Å². The van der Waals surface area contributed by atoms with Gasteiger partial charge < -0.3 is 9.47 Å². The Balaban J connectivity index is 1.07. The van der Waals surface area contributed by atoms with Crippen molar-refractivity contribution < 1.29 is 33.4 Å². The highest BCUT2D eigenvalue weighted by atomic mass is 16.5. The Morgan fingerprint density at radius 3 is 1.70 bits per heavy atom. The molecule has 8 rings (SSSR count). The number of unbranched alkanes of at least 4 members (excludes halogenated alkanes) is 1. The van der Waals surface area contributed by atoms with Crippen LogP contribution in [0.1, 0.15) is 81.0 Å². The number of Topliss-reactive ketones (excluding diaryl/α,β-unsaturated/α-hetero) is 1. The van der Waals surface area contributed by atoms with Crippen LogP contribution in [-0.4, -0.2) is 47.1 Å². The Morgan fingerprint density at radius 2 is 1.19 bits per heavy atom. The average molecular weight is 628 g/mol. The molecule has 2 amide bonds. The van der Waals surface area contributed by atoms with E-state index in [1.807, 2.05) is 55.5 Å². The molecule has 0 N–H and O–H groups in total. The highest BCUT2D eigenvalue weighted by Crippen LogP contribution is 2.61. The van der Waals surface area contributed by atoms with Gasteiger partial charge in [0, 0.05) is 17.4 Å². The summed E-state index contributed by atoms with van der Waals surface area (Å²) in [7, 11) is 0. The molecule has 8 heteroatoms. The predicted octanol–water partition coefficient (Wildman–Crippen LogP) is 6.08. The average Bonchev–Trinajstić information content (AvgIpc) is 3.37. The minimum absolute atomic E-state index is 0.247. The molecule has 1 heterocycles. The lowest BCUT2D eigenvalue weighted by molar-refractivity contribution is -0.158. The van der Waals surface area contributed by atoms with Gasteiger partial charge in [-0.15, -0.1) is 0 Å². The fraction of sp³-hybridized carbons (Fsp3) is 0.256. The standard InChI is InChI=1S/C39H33NO7/c1-2-3-17-30(39(45)46-22-31(41)23-18-20-25(21-19-23)47-38(44)24-11-5-4-6-12-24)40-36(42)34-32-26-13-7-8-14-27(26)33(35(34)37(40)43)29-16-10-9-15-28(29)32/h4-16,18-21,30,32-35H,2-3,17,22H2,1H3. The zero-order valence-corrected chi connectivity index (χ0v) is 25.8. The molecule has 1 saturated heterocycles. The Kier molecular flexibility index (Phi) is 8.02. The molecule has 0 radical (unpaired) electrons. The van der Waals surface area contributed by atoms with Crippen molar-refractivity contribution in [3.8, 4) is 5.75 Å². The fourth-order valence-electron chi connectivity index (χ4n) is 7.52. The van der Waals surface area contributed by atoms with Crippen molar-refractivity contribution in [2.45, 2.75) is 44.1 Å². The van der Waals surface area contributed by atoms with Crippen molar-refractivity contribution in [1.82, 2.24) is 4.90 Å². The van der Waals surface area contributed by atoms with E-state index in [0.717, 1.165) is 33.6 Å². The zero-order chi connectivity index (χ0) is 32.7. The second-order valence-corrected chi connectivity index (χ2v) is 12.3. The molecule has 3 aliphatic carbocycles. The molecule has 0 spiro atoms. The Labute approximate surface area is 272 Å². The summed E-state index contributed by atoms with van der Waals surface area (Å²) in [6.07, 6.45) is 1.59. The molecular weight excluding hydrogens is 594 g/mol. The molecule has 1 aliphatic heterocycles. The lowest BCUT2D eigenvalue weighted by Crippen LogP contribution is -2.46. The first-order valence-corrected chi connectivity index (χ1v) is 16.0. The zero-order valence-electron chi connectivity index (χ0n) is 25.8. The van der Waals surface area contributed by atoms with Gasteiger partial charge in [-0.2, -0.15) is 0 Å². The molecule has 0 aromatic heterocycles. The van der Waals surface area contributed by atoms with E-state index in [9.17, 15) is 24.0 Å². The maximum absolute atomic E-state index is 14.2. The van der Waals surface area contributed by atoms with Gasteiger partial charge in [0.2, 0.25) is 11.8 Å². The number of nitrogens with zero attached hydrogens (tertiary/aromatic N) is 1. The first kappa shape index (κ1) is 30.3. The number of ketones is 1. The number of ether oxygens (including phenoxy) is 2. The molecule has 2 bridgehead atoms. The van der Waals surface area contributed by atoms with Crippen LogP contribution in [0.5, 0.6) is 5.75 Å². The number of hydrogen-bond donors (Lipinski definition) is 0. The summed E-state index contributed by atoms with van der Waals surface area (Å²) in [6, 6.07) is 29.4. The van der Waals surface area contributed by atoms with Gasteiger partial charge >= 0.3 is 11.9 Å². The summed E-state index contributed by atoms with van der Waals surface area (Å²) >= 11 is 0. The predicted molar refractivity (Wildman–Crippen MR) is 172 cm³/mol. The van der Waals surface area contributed by atoms with E-state index in [4.69, 9.17) is 9.47 Å². The third kappa shape index (κ3) is 5.23. The van der Waals surface area contributed by atoms with Crippen molar-refractivity contribution in [1.29, 1.82) is 0 Å². The van der Waals surface area contributed by atoms with Gasteiger partial charge in [0.15, 0.2) is 12.4 Å². The summed E-state index contributed by atoms with van der Waals surface area (Å²) in [5.41, 5.74) is 4.88. The van der Waals surface area contributed by atoms with Crippen LogP contribution >= 0.6 is 0 Å². The normalized spacial score (nSPS) is 21.0. The molecule has 4 aromatic rings. The van der Waals surface area contributed by atoms with E-state index in [1.54, 1.807) is 30.3 Å². The van der Waals surface area contributed by atoms with E-state index >= 15 is 0 Å². The van der Waals surface area contributed by atoms with Crippen LogP contribution in [0.4, 0.5) is 0 Å². The summed E-state index contributed by atoms with van der Waals surface area (Å²) in [4.78, 5) is 68.6. The van der Waals surface area contributed by atoms with Crippen molar-refractivity contribution in [2.75, 3.05) is 6.61 Å². The van der Waals surface area contributed by atoms with Crippen molar-refractivity contribution in [3.63, 3.8) is 0 Å². The van der Waals surface area contributed by atoms with E-state index in [0.29, 0.717) is 12.0 Å². The minimum atomic E-state index is -1.13. The van der Waals surface area contributed by atoms with Crippen LogP contribution in [0, 0.1) is 11.8 Å². The summed E-state index contributed by atoms with van der Waals surface area (Å²) in [5.74, 6) is -3.99. The number of amides is 2. The molecule has 4 aliphatic rings. The van der Waals surface area contributed by atoms with E-state index < -0.39 is 42.2 Å². The summed E-state index contributed by atoms with van der Waals surface area (Å²) in [6.45, 7) is 1.41. The number of carbonyl (C=O) groups excluding carboxylic acids is 5. The Hall–Kier alpha value is -5.37. The van der Waals surface area contributed by atoms with Crippen LogP contribution in [0.15, 0.2) is 103 Å². The molecule has 8 nitrogen and oxygen atoms in total. The number of imide groups is 1. The molecule has 47 heavy (non-hydrogen) atoms. The van der Waals surface area contributed by atoms with Gasteiger partial charge in [-0.3, -0.25) is 19.3 Å². The number of carbonyl (C=O) groups is 5. The van der Waals surface area contributed by atoms with Gasteiger partial charge in [0.05, 0.1) is 17.4 Å². The first-order chi connectivity index (χ1) is 22.9. The van der Waals surface area contributed by atoms with Gasteiger partial charge in [-0.05, 0) is 65.1 Å². The monoisotopic (exact) mass is 627 g/mol. The Bertz CT molecular complexity index is 1770. The molecule has 236 valence electrons. The summed E-state index contributed by atoms with van der Waals surface area (Å²) < 4.78 is 10.9. The molecule has 1 fully saturated rings. The van der Waals surface area contributed by atoms with E-state index in [-0.39, 0.29) is 41.4 Å². The first-order valence-electron chi connectivity index (χ1n) is 16.0. The SMILES string of the molecule is CCCCC(C(=O)OCC(=O)c1ccc(OC(=O)c2ccccc2)cc1)N1C(=O)C2C3c4ccccc4C(c4ccccc43)C2C1=O. The summed E-state index contributed by atoms with van der Waals surface area (Å²) in [5, 5.41) is 0. The fourth-order valence-corrected chi connectivity index (χ4v) is 7.52. The topological polar surface area (TPSA) is 107 Å². The molecular formula is C39H33NO7. The van der Waals surface area contributed by atoms with Crippen molar-refractivity contribution in [2.24, 2.45) is 11.8 Å². The van der Waals surface area contributed by atoms with Gasteiger partial charge in [0.1, 0.15) is 11.8 Å². The maximum atomic E-state index is 14.2. The third-order valence-electron chi connectivity index (χ3n) is 9.64. The van der Waals surface area contributed by atoms with Gasteiger partial charge in [0.25, 0.3) is 0 Å². The molecule has 0 saturated carbocycles. The van der Waals surface area contributed by atoms with Crippen LogP contribution in [0.3, 0.4) is 0 Å². The number of benzene rings is 4. The molecule has 4 aromatic carbocycles. The lowest BCUT2D eigenvalue weighted by atomic mass is 9.55. The lowest BCUT2D eigenvalue weighted by Gasteiger charge is -2.45.